The second-order valence-electron chi connectivity index (χ2n) is 9.46. The number of aliphatic hydroxyl groups excluding tert-OH is 1. The van der Waals surface area contributed by atoms with Crippen LogP contribution in [0.3, 0.4) is 0 Å². The topological polar surface area (TPSA) is 80.5 Å². The van der Waals surface area contributed by atoms with Crippen molar-refractivity contribution in [3.63, 3.8) is 0 Å². The first-order valence-corrected chi connectivity index (χ1v) is 10.4. The average Bonchev–Trinajstić information content (AvgIpc) is 3.22. The van der Waals surface area contributed by atoms with Crippen LogP contribution in [0.1, 0.15) is 56.8 Å². The summed E-state index contributed by atoms with van der Waals surface area (Å²) in [7, 11) is 0. The van der Waals surface area contributed by atoms with Crippen molar-refractivity contribution in [1.82, 2.24) is 19.7 Å². The van der Waals surface area contributed by atoms with E-state index in [0.29, 0.717) is 31.5 Å². The molecule has 0 aliphatic carbocycles. The predicted molar refractivity (Wildman–Crippen MR) is 109 cm³/mol. The first-order chi connectivity index (χ1) is 13.8. The molecule has 29 heavy (non-hydrogen) atoms. The number of benzene rings is 1. The van der Waals surface area contributed by atoms with E-state index in [9.17, 15) is 9.90 Å². The van der Waals surface area contributed by atoms with Crippen LogP contribution in [0.2, 0.25) is 0 Å². The average molecular weight is 399 g/mol. The molecule has 1 N–H and O–H groups in total. The number of ether oxygens (including phenoxy) is 1. The molecule has 2 aromatic rings. The fourth-order valence-electron chi connectivity index (χ4n) is 4.44. The summed E-state index contributed by atoms with van der Waals surface area (Å²) in [6, 6.07) is 7.52. The summed E-state index contributed by atoms with van der Waals surface area (Å²) in [4.78, 5) is 15.0. The molecule has 0 unspecified atom stereocenters. The zero-order valence-corrected chi connectivity index (χ0v) is 17.4. The van der Waals surface area contributed by atoms with Gasteiger partial charge in [0.2, 0.25) is 0 Å². The van der Waals surface area contributed by atoms with E-state index in [1.165, 1.54) is 0 Å². The SMILES string of the molecule is CC(C)(C)[C@H]1C[C@@H](O)CC2(CCN(C(=O)c3cccc(-n4cnnc4)c3)CC2)O1. The van der Waals surface area contributed by atoms with Crippen LogP contribution in [-0.4, -0.2) is 61.6 Å². The van der Waals surface area contributed by atoms with Crippen molar-refractivity contribution in [3.05, 3.63) is 42.5 Å². The fourth-order valence-corrected chi connectivity index (χ4v) is 4.44. The molecule has 156 valence electrons. The molecule has 2 atom stereocenters. The Morgan fingerprint density at radius 1 is 1.21 bits per heavy atom. The van der Waals surface area contributed by atoms with E-state index in [1.54, 1.807) is 17.2 Å². The molecular weight excluding hydrogens is 368 g/mol. The Balaban J connectivity index is 1.44. The van der Waals surface area contributed by atoms with E-state index >= 15 is 0 Å². The highest BCUT2D eigenvalue weighted by Crippen LogP contribution is 2.42. The Bertz CT molecular complexity index is 851. The van der Waals surface area contributed by atoms with Gasteiger partial charge in [-0.15, -0.1) is 10.2 Å². The summed E-state index contributed by atoms with van der Waals surface area (Å²) >= 11 is 0. The van der Waals surface area contributed by atoms with Crippen molar-refractivity contribution in [2.75, 3.05) is 13.1 Å². The molecule has 1 aromatic carbocycles. The molecule has 4 rings (SSSR count). The van der Waals surface area contributed by atoms with Gasteiger partial charge in [0.15, 0.2) is 0 Å². The smallest absolute Gasteiger partial charge is 0.253 e. The second kappa shape index (κ2) is 7.54. The number of carbonyl (C=O) groups is 1. The first kappa shape index (κ1) is 20.0. The highest BCUT2D eigenvalue weighted by atomic mass is 16.5. The summed E-state index contributed by atoms with van der Waals surface area (Å²) in [5.41, 5.74) is 1.19. The molecule has 2 saturated heterocycles. The molecule has 7 heteroatoms. The lowest BCUT2D eigenvalue weighted by molar-refractivity contribution is -0.205. The number of likely N-dealkylation sites (tertiary alicyclic amines) is 1. The van der Waals surface area contributed by atoms with Crippen molar-refractivity contribution in [3.8, 4) is 5.69 Å². The maximum Gasteiger partial charge on any atom is 0.253 e. The van der Waals surface area contributed by atoms with Crippen LogP contribution < -0.4 is 0 Å². The molecule has 0 bridgehead atoms. The summed E-state index contributed by atoms with van der Waals surface area (Å²) in [6.07, 6.45) is 5.79. The molecule has 1 amide bonds. The highest BCUT2D eigenvalue weighted by molar-refractivity contribution is 5.94. The van der Waals surface area contributed by atoms with Gasteiger partial charge in [0.25, 0.3) is 5.91 Å². The second-order valence-corrected chi connectivity index (χ2v) is 9.46. The van der Waals surface area contributed by atoms with Crippen molar-refractivity contribution >= 4 is 5.91 Å². The Labute approximate surface area is 171 Å². The largest absolute Gasteiger partial charge is 0.393 e. The lowest BCUT2D eigenvalue weighted by atomic mass is 9.76. The number of aliphatic hydroxyl groups is 1. The number of aromatic nitrogens is 3. The van der Waals surface area contributed by atoms with Crippen LogP contribution in [0.15, 0.2) is 36.9 Å². The van der Waals surface area contributed by atoms with Gasteiger partial charge in [-0.1, -0.05) is 26.8 Å². The van der Waals surface area contributed by atoms with E-state index in [4.69, 9.17) is 4.74 Å². The van der Waals surface area contributed by atoms with Crippen molar-refractivity contribution in [2.45, 2.75) is 64.3 Å². The third-order valence-electron chi connectivity index (χ3n) is 6.22. The van der Waals surface area contributed by atoms with Crippen molar-refractivity contribution < 1.29 is 14.6 Å². The molecule has 0 saturated carbocycles. The van der Waals surface area contributed by atoms with Crippen LogP contribution in [0.25, 0.3) is 5.69 Å². The third kappa shape index (κ3) is 4.21. The molecule has 1 spiro atoms. The number of piperidine rings is 1. The monoisotopic (exact) mass is 398 g/mol. The Hall–Kier alpha value is -2.25. The van der Waals surface area contributed by atoms with Gasteiger partial charge in [0, 0.05) is 37.2 Å². The Morgan fingerprint density at radius 3 is 2.55 bits per heavy atom. The van der Waals surface area contributed by atoms with E-state index in [2.05, 4.69) is 31.0 Å². The van der Waals surface area contributed by atoms with Gasteiger partial charge in [-0.3, -0.25) is 9.36 Å². The van der Waals surface area contributed by atoms with E-state index in [0.717, 1.165) is 18.5 Å². The minimum atomic E-state index is -0.337. The number of amides is 1. The number of nitrogens with zero attached hydrogens (tertiary/aromatic N) is 4. The fraction of sp³-hybridized carbons (Fsp3) is 0.591. The summed E-state index contributed by atoms with van der Waals surface area (Å²) in [6.45, 7) is 7.75. The number of hydrogen-bond donors (Lipinski definition) is 1. The van der Waals surface area contributed by atoms with Crippen molar-refractivity contribution in [2.24, 2.45) is 5.41 Å². The van der Waals surface area contributed by atoms with Gasteiger partial charge < -0.3 is 14.7 Å². The quantitative estimate of drug-likeness (QED) is 0.841. The van der Waals surface area contributed by atoms with E-state index in [-0.39, 0.29) is 29.1 Å². The van der Waals surface area contributed by atoms with Gasteiger partial charge >= 0.3 is 0 Å². The Morgan fingerprint density at radius 2 is 1.90 bits per heavy atom. The number of hydrogen-bond acceptors (Lipinski definition) is 5. The first-order valence-electron chi connectivity index (χ1n) is 10.4. The van der Waals surface area contributed by atoms with Crippen LogP contribution in [0.5, 0.6) is 0 Å². The van der Waals surface area contributed by atoms with Gasteiger partial charge in [0.05, 0.1) is 17.8 Å². The number of carbonyl (C=O) groups excluding carboxylic acids is 1. The molecule has 2 aliphatic rings. The summed E-state index contributed by atoms with van der Waals surface area (Å²) in [5.74, 6) is 0.0264. The van der Waals surface area contributed by atoms with Gasteiger partial charge in [-0.05, 0) is 36.5 Å². The molecule has 7 nitrogen and oxygen atoms in total. The maximum atomic E-state index is 13.1. The van der Waals surface area contributed by atoms with Gasteiger partial charge in [-0.2, -0.15) is 0 Å². The highest BCUT2D eigenvalue weighted by Gasteiger charge is 2.46. The molecule has 1 aromatic heterocycles. The van der Waals surface area contributed by atoms with Crippen LogP contribution >= 0.6 is 0 Å². The molecule has 2 fully saturated rings. The van der Waals surface area contributed by atoms with Crippen LogP contribution in [0.4, 0.5) is 0 Å². The summed E-state index contributed by atoms with van der Waals surface area (Å²) < 4.78 is 8.32. The van der Waals surface area contributed by atoms with Gasteiger partial charge in [0.1, 0.15) is 12.7 Å². The lowest BCUT2D eigenvalue weighted by Crippen LogP contribution is -2.55. The van der Waals surface area contributed by atoms with Crippen LogP contribution in [0, 0.1) is 5.41 Å². The van der Waals surface area contributed by atoms with E-state index in [1.807, 2.05) is 29.2 Å². The molecular formula is C22H30N4O3. The minimum absolute atomic E-state index is 0.00995. The zero-order valence-electron chi connectivity index (χ0n) is 17.4. The normalized spacial score (nSPS) is 24.6. The number of rotatable bonds is 2. The standard InChI is InChI=1S/C22H30N4O3/c1-21(2,3)19-12-18(27)13-22(29-19)7-9-25(10-8-22)20(28)16-5-4-6-17(11-16)26-14-23-24-15-26/h4-6,11,14-15,18-19,27H,7-10,12-13H2,1-3H3/t18-,19-/m1/s1. The van der Waals surface area contributed by atoms with Crippen molar-refractivity contribution in [1.29, 1.82) is 0 Å². The Kier molecular flexibility index (Phi) is 5.21. The van der Waals surface area contributed by atoms with Crippen LogP contribution in [-0.2, 0) is 4.74 Å². The van der Waals surface area contributed by atoms with Gasteiger partial charge in [-0.25, -0.2) is 0 Å². The maximum absolute atomic E-state index is 13.1. The van der Waals surface area contributed by atoms with E-state index < -0.39 is 0 Å². The summed E-state index contributed by atoms with van der Waals surface area (Å²) in [5, 5.41) is 18.1. The lowest BCUT2D eigenvalue weighted by Gasteiger charge is -2.50. The molecule has 3 heterocycles. The molecule has 2 aliphatic heterocycles. The predicted octanol–water partition coefficient (Wildman–Crippen LogP) is 2.83. The zero-order chi connectivity index (χ0) is 20.6. The minimum Gasteiger partial charge on any atom is -0.393 e. The third-order valence-corrected chi connectivity index (χ3v) is 6.22. The molecule has 0 radical (unpaired) electrons.